The average molecular weight is 270 g/mol. The van der Waals surface area contributed by atoms with Gasteiger partial charge in [-0.3, -0.25) is 0 Å². The topological polar surface area (TPSA) is 18.5 Å². The van der Waals surface area contributed by atoms with Crippen LogP contribution in [0, 0.1) is 17.8 Å². The fourth-order valence-electron chi connectivity index (χ4n) is 1.62. The van der Waals surface area contributed by atoms with E-state index in [1.54, 1.807) is 0 Å². The van der Waals surface area contributed by atoms with Gasteiger partial charge in [0.2, 0.25) is 0 Å². The van der Waals surface area contributed by atoms with Crippen molar-refractivity contribution in [2.45, 2.75) is 72.6 Å². The Morgan fingerprint density at radius 2 is 1.83 bits per heavy atom. The minimum Gasteiger partial charge on any atom is -0.394 e. The highest BCUT2D eigenvalue weighted by Crippen LogP contribution is 2.16. The van der Waals surface area contributed by atoms with Gasteiger partial charge in [-0.2, -0.15) is 0 Å². The van der Waals surface area contributed by atoms with Gasteiger partial charge in [-0.15, -0.1) is 5.92 Å². The van der Waals surface area contributed by atoms with Crippen LogP contribution in [0.1, 0.15) is 53.4 Å². The monoisotopic (exact) mass is 270 g/mol. The molecular formula is C15H30O2Si. The highest BCUT2D eigenvalue weighted by Gasteiger charge is 2.28. The molecular weight excluding hydrogens is 240 g/mol. The lowest BCUT2D eigenvalue weighted by Crippen LogP contribution is -2.39. The molecule has 106 valence electrons. The smallest absolute Gasteiger partial charge is 0.332 e. The molecule has 0 rings (SSSR count). The van der Waals surface area contributed by atoms with E-state index in [0.717, 1.165) is 32.3 Å². The first kappa shape index (κ1) is 17.7. The molecule has 2 nitrogen and oxygen atoms in total. The summed E-state index contributed by atoms with van der Waals surface area (Å²) in [5.74, 6) is 6.96. The summed E-state index contributed by atoms with van der Waals surface area (Å²) in [4.78, 5) is 0. The van der Waals surface area contributed by atoms with Crippen LogP contribution in [0.4, 0.5) is 0 Å². The zero-order valence-electron chi connectivity index (χ0n) is 13.0. The lowest BCUT2D eigenvalue weighted by molar-refractivity contribution is 0.137. The molecule has 0 saturated carbocycles. The highest BCUT2D eigenvalue weighted by molar-refractivity contribution is 6.64. The Bertz CT molecular complexity index is 263. The molecule has 0 bridgehead atoms. The molecule has 0 amide bonds. The Morgan fingerprint density at radius 1 is 1.17 bits per heavy atom. The summed E-state index contributed by atoms with van der Waals surface area (Å²) in [6.45, 7) is 13.7. The third kappa shape index (κ3) is 9.70. The van der Waals surface area contributed by atoms with Crippen molar-refractivity contribution in [1.82, 2.24) is 0 Å². The quantitative estimate of drug-likeness (QED) is 0.371. The fourth-order valence-corrected chi connectivity index (χ4v) is 3.16. The van der Waals surface area contributed by atoms with E-state index in [-0.39, 0.29) is 6.10 Å². The maximum atomic E-state index is 6.14. The molecule has 0 heterocycles. The summed E-state index contributed by atoms with van der Waals surface area (Å²) >= 11 is 0. The van der Waals surface area contributed by atoms with Crippen LogP contribution in [0.25, 0.3) is 0 Å². The normalized spacial score (nSPS) is 13.3. The largest absolute Gasteiger partial charge is 0.394 e. The van der Waals surface area contributed by atoms with E-state index in [4.69, 9.17) is 8.85 Å². The molecule has 18 heavy (non-hydrogen) atoms. The molecule has 0 fully saturated rings. The van der Waals surface area contributed by atoms with Crippen LogP contribution in [-0.4, -0.2) is 21.3 Å². The van der Waals surface area contributed by atoms with Crippen molar-refractivity contribution in [1.29, 1.82) is 0 Å². The van der Waals surface area contributed by atoms with Crippen LogP contribution >= 0.6 is 0 Å². The van der Waals surface area contributed by atoms with Gasteiger partial charge in [-0.05, 0) is 31.9 Å². The highest BCUT2D eigenvalue weighted by atomic mass is 28.4. The van der Waals surface area contributed by atoms with Crippen molar-refractivity contribution >= 4 is 8.56 Å². The summed E-state index contributed by atoms with van der Waals surface area (Å²) in [6.07, 6.45) is 4.18. The van der Waals surface area contributed by atoms with Gasteiger partial charge in [0.15, 0.2) is 0 Å². The van der Waals surface area contributed by atoms with Crippen LogP contribution in [0.2, 0.25) is 13.1 Å². The summed E-state index contributed by atoms with van der Waals surface area (Å²) in [5, 5.41) is 0. The van der Waals surface area contributed by atoms with E-state index >= 15 is 0 Å². The number of rotatable bonds is 8. The van der Waals surface area contributed by atoms with E-state index < -0.39 is 8.56 Å². The predicted octanol–water partition coefficient (Wildman–Crippen LogP) is 4.35. The third-order valence-electron chi connectivity index (χ3n) is 2.50. The molecule has 0 aromatic carbocycles. The van der Waals surface area contributed by atoms with Crippen molar-refractivity contribution in [3.8, 4) is 11.8 Å². The lowest BCUT2D eigenvalue weighted by Gasteiger charge is -2.27. The first-order valence-electron chi connectivity index (χ1n) is 7.21. The van der Waals surface area contributed by atoms with Crippen LogP contribution in [0.3, 0.4) is 0 Å². The van der Waals surface area contributed by atoms with Gasteiger partial charge in [-0.1, -0.05) is 40.0 Å². The molecule has 0 aliphatic heterocycles. The zero-order valence-corrected chi connectivity index (χ0v) is 14.0. The standard InChI is InChI=1S/C15H30O2Si/c1-7-9-11-15(13-14(3)4)17-18(5,6)16-12-10-8-2/h14-15H,7-8,10,12-13H2,1-6H3. The molecule has 1 unspecified atom stereocenters. The molecule has 0 aromatic rings. The van der Waals surface area contributed by atoms with E-state index in [1.165, 1.54) is 0 Å². The molecule has 3 heteroatoms. The Balaban J connectivity index is 4.34. The van der Waals surface area contributed by atoms with Gasteiger partial charge in [0.1, 0.15) is 6.10 Å². The van der Waals surface area contributed by atoms with Gasteiger partial charge in [0, 0.05) is 13.0 Å². The van der Waals surface area contributed by atoms with Gasteiger partial charge in [0.05, 0.1) is 0 Å². The van der Waals surface area contributed by atoms with Crippen molar-refractivity contribution in [2.24, 2.45) is 5.92 Å². The van der Waals surface area contributed by atoms with E-state index in [0.29, 0.717) is 5.92 Å². The number of hydrogen-bond donors (Lipinski definition) is 0. The second-order valence-corrected chi connectivity index (χ2v) is 8.84. The molecule has 0 N–H and O–H groups in total. The van der Waals surface area contributed by atoms with E-state index in [2.05, 4.69) is 52.6 Å². The van der Waals surface area contributed by atoms with Gasteiger partial charge < -0.3 is 8.85 Å². The summed E-state index contributed by atoms with van der Waals surface area (Å²) in [5.41, 5.74) is 0. The summed E-state index contributed by atoms with van der Waals surface area (Å²) in [7, 11) is -2.02. The second-order valence-electron chi connectivity index (χ2n) is 5.51. The zero-order chi connectivity index (χ0) is 14.0. The molecule has 0 aromatic heterocycles. The van der Waals surface area contributed by atoms with Gasteiger partial charge in [-0.25, -0.2) is 0 Å². The number of unbranched alkanes of at least 4 members (excludes halogenated alkanes) is 1. The predicted molar refractivity (Wildman–Crippen MR) is 80.7 cm³/mol. The third-order valence-corrected chi connectivity index (χ3v) is 4.25. The van der Waals surface area contributed by atoms with Gasteiger partial charge in [0.25, 0.3) is 0 Å². The average Bonchev–Trinajstić information content (AvgIpc) is 2.24. The number of hydrogen-bond acceptors (Lipinski definition) is 2. The molecule has 0 saturated heterocycles. The SMILES string of the molecule is CCC#CC(CC(C)C)O[Si](C)(C)OCCCC. The molecule has 0 radical (unpaired) electrons. The first-order valence-corrected chi connectivity index (χ1v) is 10.0. The van der Waals surface area contributed by atoms with Gasteiger partial charge >= 0.3 is 8.56 Å². The van der Waals surface area contributed by atoms with Crippen molar-refractivity contribution < 1.29 is 8.85 Å². The van der Waals surface area contributed by atoms with Crippen molar-refractivity contribution in [2.75, 3.05) is 6.61 Å². The first-order chi connectivity index (χ1) is 8.41. The van der Waals surface area contributed by atoms with Crippen molar-refractivity contribution in [3.05, 3.63) is 0 Å². The Hall–Kier alpha value is -0.303. The molecule has 1 atom stereocenters. The maximum absolute atomic E-state index is 6.14. The minimum atomic E-state index is -2.02. The van der Waals surface area contributed by atoms with E-state index in [9.17, 15) is 0 Å². The fraction of sp³-hybridized carbons (Fsp3) is 0.867. The van der Waals surface area contributed by atoms with E-state index in [1.807, 2.05) is 0 Å². The van der Waals surface area contributed by atoms with Crippen molar-refractivity contribution in [3.63, 3.8) is 0 Å². The van der Waals surface area contributed by atoms with Crippen LogP contribution in [-0.2, 0) is 8.85 Å². The lowest BCUT2D eigenvalue weighted by atomic mass is 10.1. The Labute approximate surface area is 115 Å². The summed E-state index contributed by atoms with van der Waals surface area (Å²) in [6, 6.07) is 0. The maximum Gasteiger partial charge on any atom is 0.332 e. The molecule has 0 aliphatic rings. The minimum absolute atomic E-state index is 0.0354. The summed E-state index contributed by atoms with van der Waals surface area (Å²) < 4.78 is 12.1. The molecule has 0 spiro atoms. The Morgan fingerprint density at radius 3 is 2.33 bits per heavy atom. The second kappa shape index (κ2) is 9.60. The Kier molecular flexibility index (Phi) is 9.44. The molecule has 0 aliphatic carbocycles. The van der Waals surface area contributed by atoms with Crippen LogP contribution < -0.4 is 0 Å². The van der Waals surface area contributed by atoms with Crippen LogP contribution in [0.5, 0.6) is 0 Å². The van der Waals surface area contributed by atoms with Crippen LogP contribution in [0.15, 0.2) is 0 Å².